The molecule has 0 aliphatic heterocycles. The normalized spacial score (nSPS) is 10.9. The van der Waals surface area contributed by atoms with Crippen LogP contribution in [0.15, 0.2) is 42.5 Å². The zero-order valence-electron chi connectivity index (χ0n) is 12.5. The first kappa shape index (κ1) is 15.3. The van der Waals surface area contributed by atoms with E-state index in [1.54, 1.807) is 18.4 Å². The number of ether oxygens (including phenoxy) is 1. The number of aromatic nitrogens is 3. The Labute approximate surface area is 150 Å². The smallest absolute Gasteiger partial charge is 0.212 e. The van der Waals surface area contributed by atoms with Crippen LogP contribution in [0.4, 0.5) is 10.3 Å². The van der Waals surface area contributed by atoms with E-state index in [4.69, 9.17) is 16.3 Å². The fourth-order valence-corrected chi connectivity index (χ4v) is 4.04. The van der Waals surface area contributed by atoms with Crippen molar-refractivity contribution in [3.05, 3.63) is 47.5 Å². The first-order chi connectivity index (χ1) is 11.7. The third kappa shape index (κ3) is 2.93. The van der Waals surface area contributed by atoms with E-state index < -0.39 is 0 Å². The number of hydrogen-bond donors (Lipinski definition) is 1. The van der Waals surface area contributed by atoms with E-state index in [1.807, 2.05) is 42.5 Å². The molecule has 24 heavy (non-hydrogen) atoms. The predicted octanol–water partition coefficient (Wildman–Crippen LogP) is 5.22. The van der Waals surface area contributed by atoms with E-state index in [-0.39, 0.29) is 0 Å². The summed E-state index contributed by atoms with van der Waals surface area (Å²) in [5, 5.41) is 14.6. The highest BCUT2D eigenvalue weighted by Crippen LogP contribution is 2.35. The van der Waals surface area contributed by atoms with Crippen molar-refractivity contribution in [2.24, 2.45) is 0 Å². The summed E-state index contributed by atoms with van der Waals surface area (Å²) in [7, 11) is 1.64. The molecule has 0 saturated heterocycles. The minimum atomic E-state index is 0.693. The number of methoxy groups -OCH3 is 1. The highest BCUT2D eigenvalue weighted by atomic mass is 35.5. The van der Waals surface area contributed by atoms with Crippen molar-refractivity contribution in [2.45, 2.75) is 0 Å². The number of nitrogens with zero attached hydrogens (tertiary/aromatic N) is 3. The lowest BCUT2D eigenvalue weighted by Crippen LogP contribution is -1.88. The van der Waals surface area contributed by atoms with Crippen LogP contribution in [0.2, 0.25) is 5.02 Å². The Balaban J connectivity index is 1.61. The maximum Gasteiger partial charge on any atom is 0.212 e. The van der Waals surface area contributed by atoms with Gasteiger partial charge >= 0.3 is 0 Å². The summed E-state index contributed by atoms with van der Waals surface area (Å²) in [4.78, 5) is 4.58. The Morgan fingerprint density at radius 2 is 1.83 bits per heavy atom. The first-order valence-electron chi connectivity index (χ1n) is 7.03. The number of hydrogen-bond acceptors (Lipinski definition) is 7. The zero-order valence-corrected chi connectivity index (χ0v) is 14.9. The van der Waals surface area contributed by atoms with Crippen molar-refractivity contribution in [3.63, 3.8) is 0 Å². The number of thiazole rings is 1. The van der Waals surface area contributed by atoms with Crippen LogP contribution in [-0.4, -0.2) is 22.3 Å². The number of benzene rings is 2. The second-order valence-electron chi connectivity index (χ2n) is 4.87. The quantitative estimate of drug-likeness (QED) is 0.530. The predicted molar refractivity (Wildman–Crippen MR) is 99.8 cm³/mol. The van der Waals surface area contributed by atoms with E-state index in [0.29, 0.717) is 10.2 Å². The minimum absolute atomic E-state index is 0.693. The van der Waals surface area contributed by atoms with Gasteiger partial charge in [0.1, 0.15) is 16.3 Å². The van der Waals surface area contributed by atoms with Gasteiger partial charge in [0.2, 0.25) is 5.13 Å². The molecule has 4 rings (SSSR count). The van der Waals surface area contributed by atoms with Crippen LogP contribution in [0.5, 0.6) is 5.75 Å². The van der Waals surface area contributed by atoms with E-state index in [9.17, 15) is 0 Å². The van der Waals surface area contributed by atoms with Gasteiger partial charge in [-0.3, -0.25) is 0 Å². The molecule has 0 bridgehead atoms. The van der Waals surface area contributed by atoms with Crippen molar-refractivity contribution in [1.82, 2.24) is 15.2 Å². The molecule has 5 nitrogen and oxygen atoms in total. The van der Waals surface area contributed by atoms with Crippen LogP contribution in [0.25, 0.3) is 20.8 Å². The van der Waals surface area contributed by atoms with E-state index in [1.165, 1.54) is 11.3 Å². The van der Waals surface area contributed by atoms with Crippen LogP contribution >= 0.6 is 34.3 Å². The molecule has 0 unspecified atom stereocenters. The van der Waals surface area contributed by atoms with Crippen molar-refractivity contribution in [1.29, 1.82) is 0 Å². The van der Waals surface area contributed by atoms with Crippen LogP contribution in [0.1, 0.15) is 0 Å². The van der Waals surface area contributed by atoms with Gasteiger partial charge in [0, 0.05) is 10.6 Å². The van der Waals surface area contributed by atoms with Crippen molar-refractivity contribution < 1.29 is 4.74 Å². The highest BCUT2D eigenvalue weighted by molar-refractivity contribution is 7.23. The van der Waals surface area contributed by atoms with Gasteiger partial charge < -0.3 is 10.1 Å². The third-order valence-corrected chi connectivity index (χ3v) is 5.41. The molecular weight excluding hydrogens is 364 g/mol. The van der Waals surface area contributed by atoms with Crippen molar-refractivity contribution in [2.75, 3.05) is 12.4 Å². The summed E-state index contributed by atoms with van der Waals surface area (Å²) in [6.07, 6.45) is 0. The lowest BCUT2D eigenvalue weighted by molar-refractivity contribution is 0.419. The van der Waals surface area contributed by atoms with Gasteiger partial charge in [0.25, 0.3) is 0 Å². The van der Waals surface area contributed by atoms with Gasteiger partial charge in [-0.05, 0) is 24.3 Å². The number of halogens is 1. The van der Waals surface area contributed by atoms with Crippen LogP contribution in [-0.2, 0) is 0 Å². The molecule has 0 radical (unpaired) electrons. The SMILES string of the molecule is COc1cccc2sc(Nc3nnc(-c4ccc(Cl)cc4)s3)nc12. The third-order valence-electron chi connectivity index (χ3n) is 3.33. The van der Waals surface area contributed by atoms with Gasteiger partial charge in [-0.15, -0.1) is 10.2 Å². The molecule has 0 aliphatic carbocycles. The van der Waals surface area contributed by atoms with Gasteiger partial charge in [-0.2, -0.15) is 0 Å². The number of anilines is 2. The minimum Gasteiger partial charge on any atom is -0.494 e. The molecule has 2 aromatic carbocycles. The molecule has 0 fully saturated rings. The molecular formula is C16H11ClN4OS2. The van der Waals surface area contributed by atoms with Gasteiger partial charge in [0.15, 0.2) is 5.13 Å². The molecule has 2 heterocycles. The summed E-state index contributed by atoms with van der Waals surface area (Å²) in [5.41, 5.74) is 1.82. The average Bonchev–Trinajstić information content (AvgIpc) is 3.22. The molecule has 0 atom stereocenters. The van der Waals surface area contributed by atoms with Gasteiger partial charge in [0.05, 0.1) is 11.8 Å². The lowest BCUT2D eigenvalue weighted by Gasteiger charge is -1.98. The molecule has 0 aliphatic rings. The topological polar surface area (TPSA) is 59.9 Å². The van der Waals surface area contributed by atoms with Gasteiger partial charge in [-0.25, -0.2) is 4.98 Å². The van der Waals surface area contributed by atoms with Crippen molar-refractivity contribution >= 4 is 54.8 Å². The number of rotatable bonds is 4. The maximum atomic E-state index is 5.91. The fraction of sp³-hybridized carbons (Fsp3) is 0.0625. The number of para-hydroxylation sites is 1. The number of nitrogens with one attached hydrogen (secondary N) is 1. The first-order valence-corrected chi connectivity index (χ1v) is 9.04. The molecule has 0 saturated carbocycles. The summed E-state index contributed by atoms with van der Waals surface area (Å²) in [6, 6.07) is 13.4. The number of fused-ring (bicyclic) bond motifs is 1. The molecule has 1 N–H and O–H groups in total. The Hall–Kier alpha value is -2.22. The highest BCUT2D eigenvalue weighted by Gasteiger charge is 2.11. The van der Waals surface area contributed by atoms with Crippen molar-refractivity contribution in [3.8, 4) is 16.3 Å². The molecule has 2 aromatic heterocycles. The molecule has 0 spiro atoms. The van der Waals surface area contributed by atoms with Crippen LogP contribution < -0.4 is 10.1 Å². The largest absolute Gasteiger partial charge is 0.494 e. The lowest BCUT2D eigenvalue weighted by atomic mass is 10.2. The molecule has 8 heteroatoms. The summed E-state index contributed by atoms with van der Waals surface area (Å²) in [6.45, 7) is 0. The Morgan fingerprint density at radius 3 is 2.62 bits per heavy atom. The molecule has 0 amide bonds. The van der Waals surface area contributed by atoms with Crippen LogP contribution in [0.3, 0.4) is 0 Å². The Morgan fingerprint density at radius 1 is 1.00 bits per heavy atom. The average molecular weight is 375 g/mol. The summed E-state index contributed by atoms with van der Waals surface area (Å²) < 4.78 is 6.40. The van der Waals surface area contributed by atoms with E-state index in [0.717, 1.165) is 31.7 Å². The fourth-order valence-electron chi connectivity index (χ4n) is 2.22. The molecule has 4 aromatic rings. The Bertz CT molecular complexity index is 997. The van der Waals surface area contributed by atoms with E-state index in [2.05, 4.69) is 20.5 Å². The van der Waals surface area contributed by atoms with Crippen LogP contribution in [0, 0.1) is 0 Å². The van der Waals surface area contributed by atoms with Gasteiger partial charge in [-0.1, -0.05) is 52.5 Å². The Kier molecular flexibility index (Phi) is 4.05. The molecule has 120 valence electrons. The zero-order chi connectivity index (χ0) is 16.5. The van der Waals surface area contributed by atoms with E-state index >= 15 is 0 Å². The standard InChI is InChI=1S/C16H11ClN4OS2/c1-22-11-3-2-4-12-13(11)18-15(23-12)19-16-21-20-14(24-16)9-5-7-10(17)8-6-9/h2-8H,1H3,(H,18,19,21). The monoisotopic (exact) mass is 374 g/mol. The second kappa shape index (κ2) is 6.35. The summed E-state index contributed by atoms with van der Waals surface area (Å²) in [5.74, 6) is 0.760. The second-order valence-corrected chi connectivity index (χ2v) is 7.31. The maximum absolute atomic E-state index is 5.91. The summed E-state index contributed by atoms with van der Waals surface area (Å²) >= 11 is 8.93.